The minimum atomic E-state index is -0.259. The molecule has 1 saturated heterocycles. The van der Waals surface area contributed by atoms with E-state index in [2.05, 4.69) is 15.1 Å². The Balaban J connectivity index is 1.77. The molecule has 0 bridgehead atoms. The highest BCUT2D eigenvalue weighted by Gasteiger charge is 2.24. The molecule has 1 aliphatic heterocycles. The smallest absolute Gasteiger partial charge is 0.274 e. The van der Waals surface area contributed by atoms with Gasteiger partial charge in [-0.2, -0.15) is 4.98 Å². The number of halogens is 1. The quantitative estimate of drug-likeness (QED) is 0.786. The standard InChI is InChI=1S/C15H14FN3O2/c1-8-11-6-10(16)2-3-12(11)17-13(8)15-18-14(19-21-15)9-4-5-20-7-9/h2-3,6,9,17H,4-5,7H2,1H3. The fourth-order valence-corrected chi connectivity index (χ4v) is 2.75. The molecule has 1 N–H and O–H groups in total. The topological polar surface area (TPSA) is 63.9 Å². The van der Waals surface area contributed by atoms with Crippen LogP contribution < -0.4 is 0 Å². The first kappa shape index (κ1) is 12.5. The van der Waals surface area contributed by atoms with Gasteiger partial charge in [0.2, 0.25) is 0 Å². The number of aromatic amines is 1. The minimum absolute atomic E-state index is 0.199. The second-order valence-electron chi connectivity index (χ2n) is 5.33. The molecule has 1 atom stereocenters. The molecule has 0 saturated carbocycles. The van der Waals surface area contributed by atoms with Crippen LogP contribution in [0.2, 0.25) is 0 Å². The monoisotopic (exact) mass is 287 g/mol. The molecule has 0 amide bonds. The van der Waals surface area contributed by atoms with Crippen LogP contribution in [0.4, 0.5) is 4.39 Å². The zero-order valence-corrected chi connectivity index (χ0v) is 11.5. The number of hydrogen-bond acceptors (Lipinski definition) is 4. The van der Waals surface area contributed by atoms with Crippen LogP contribution in [0.15, 0.2) is 22.7 Å². The van der Waals surface area contributed by atoms with Crippen molar-refractivity contribution < 1.29 is 13.7 Å². The molecule has 2 aromatic heterocycles. The zero-order valence-electron chi connectivity index (χ0n) is 11.5. The van der Waals surface area contributed by atoms with E-state index in [0.29, 0.717) is 18.3 Å². The van der Waals surface area contributed by atoms with Gasteiger partial charge in [0.25, 0.3) is 5.89 Å². The third-order valence-corrected chi connectivity index (χ3v) is 3.97. The lowest BCUT2D eigenvalue weighted by Gasteiger charge is -1.97. The SMILES string of the molecule is Cc1c(-c2nc(C3CCOC3)no2)[nH]c2ccc(F)cc12. The van der Waals surface area contributed by atoms with Crippen LogP contribution >= 0.6 is 0 Å². The number of hydrogen-bond donors (Lipinski definition) is 1. The highest BCUT2D eigenvalue weighted by molar-refractivity contribution is 5.89. The molecule has 3 aromatic rings. The van der Waals surface area contributed by atoms with Gasteiger partial charge in [0.05, 0.1) is 6.61 Å². The molecule has 0 spiro atoms. The lowest BCUT2D eigenvalue weighted by atomic mass is 10.1. The molecule has 1 unspecified atom stereocenters. The van der Waals surface area contributed by atoms with Gasteiger partial charge >= 0.3 is 0 Å². The first-order valence-corrected chi connectivity index (χ1v) is 6.92. The summed E-state index contributed by atoms with van der Waals surface area (Å²) < 4.78 is 24.1. The van der Waals surface area contributed by atoms with Crippen molar-refractivity contribution in [3.05, 3.63) is 35.4 Å². The van der Waals surface area contributed by atoms with Crippen molar-refractivity contribution in [2.24, 2.45) is 0 Å². The molecule has 21 heavy (non-hydrogen) atoms. The molecule has 108 valence electrons. The van der Waals surface area contributed by atoms with Crippen LogP contribution in [0, 0.1) is 12.7 Å². The Labute approximate surface area is 120 Å². The van der Waals surface area contributed by atoms with Gasteiger partial charge in [0.1, 0.15) is 11.5 Å². The van der Waals surface area contributed by atoms with Crippen LogP contribution in [0.25, 0.3) is 22.5 Å². The van der Waals surface area contributed by atoms with Gasteiger partial charge in [-0.05, 0) is 37.1 Å². The van der Waals surface area contributed by atoms with Crippen LogP contribution in [0.5, 0.6) is 0 Å². The van der Waals surface area contributed by atoms with Crippen LogP contribution in [0.3, 0.4) is 0 Å². The van der Waals surface area contributed by atoms with E-state index in [-0.39, 0.29) is 11.7 Å². The van der Waals surface area contributed by atoms with Crippen molar-refractivity contribution in [3.8, 4) is 11.6 Å². The minimum Gasteiger partial charge on any atom is -0.381 e. The summed E-state index contributed by atoms with van der Waals surface area (Å²) in [6.45, 7) is 3.28. The number of nitrogens with zero attached hydrogens (tertiary/aromatic N) is 2. The van der Waals surface area contributed by atoms with E-state index in [1.54, 1.807) is 6.07 Å². The molecule has 6 heteroatoms. The first-order valence-electron chi connectivity index (χ1n) is 6.92. The lowest BCUT2D eigenvalue weighted by Crippen LogP contribution is -1.99. The van der Waals surface area contributed by atoms with Crippen molar-refractivity contribution >= 4 is 10.9 Å². The van der Waals surface area contributed by atoms with Gasteiger partial charge in [-0.3, -0.25) is 0 Å². The Kier molecular flexibility index (Phi) is 2.78. The first-order chi connectivity index (χ1) is 10.2. The molecular weight excluding hydrogens is 273 g/mol. The summed E-state index contributed by atoms with van der Waals surface area (Å²) in [5.74, 6) is 1.05. The summed E-state index contributed by atoms with van der Waals surface area (Å²) in [6.07, 6.45) is 0.913. The van der Waals surface area contributed by atoms with Crippen LogP contribution in [0.1, 0.15) is 23.7 Å². The average Bonchev–Trinajstić information content (AvgIpc) is 3.18. The fraction of sp³-hybridized carbons (Fsp3) is 0.333. The van der Waals surface area contributed by atoms with Gasteiger partial charge in [0.15, 0.2) is 5.82 Å². The molecule has 1 aliphatic rings. The summed E-state index contributed by atoms with van der Waals surface area (Å²) in [6, 6.07) is 4.65. The Morgan fingerprint density at radius 2 is 2.29 bits per heavy atom. The summed E-state index contributed by atoms with van der Waals surface area (Å²) in [5, 5.41) is 4.87. The number of rotatable bonds is 2. The molecule has 1 fully saturated rings. The van der Waals surface area contributed by atoms with Crippen molar-refractivity contribution in [3.63, 3.8) is 0 Å². The molecule has 4 rings (SSSR count). The van der Waals surface area contributed by atoms with Crippen molar-refractivity contribution in [2.75, 3.05) is 13.2 Å². The second-order valence-corrected chi connectivity index (χ2v) is 5.33. The predicted octanol–water partition coefficient (Wildman–Crippen LogP) is 3.17. The van der Waals surface area contributed by atoms with Crippen molar-refractivity contribution in [1.82, 2.24) is 15.1 Å². The van der Waals surface area contributed by atoms with Crippen LogP contribution in [-0.4, -0.2) is 28.3 Å². The number of fused-ring (bicyclic) bond motifs is 1. The van der Waals surface area contributed by atoms with Crippen molar-refractivity contribution in [2.45, 2.75) is 19.3 Å². The number of ether oxygens (including phenoxy) is 1. The van der Waals surface area contributed by atoms with Gasteiger partial charge < -0.3 is 14.2 Å². The Hall–Kier alpha value is -2.21. The van der Waals surface area contributed by atoms with E-state index in [9.17, 15) is 4.39 Å². The molecule has 5 nitrogen and oxygen atoms in total. The summed E-state index contributed by atoms with van der Waals surface area (Å²) in [4.78, 5) is 7.68. The summed E-state index contributed by atoms with van der Waals surface area (Å²) >= 11 is 0. The highest BCUT2D eigenvalue weighted by Crippen LogP contribution is 2.31. The predicted molar refractivity (Wildman–Crippen MR) is 74.5 cm³/mol. The number of benzene rings is 1. The van der Waals surface area contributed by atoms with Gasteiger partial charge in [-0.15, -0.1) is 0 Å². The summed E-state index contributed by atoms with van der Waals surface area (Å²) in [7, 11) is 0. The normalized spacial score (nSPS) is 18.7. The summed E-state index contributed by atoms with van der Waals surface area (Å²) in [5.41, 5.74) is 2.50. The number of aromatic nitrogens is 3. The molecule has 0 radical (unpaired) electrons. The number of H-pyrrole nitrogens is 1. The van der Waals surface area contributed by atoms with E-state index in [1.807, 2.05) is 6.92 Å². The van der Waals surface area contributed by atoms with E-state index in [1.165, 1.54) is 12.1 Å². The van der Waals surface area contributed by atoms with Crippen LogP contribution in [-0.2, 0) is 4.74 Å². The largest absolute Gasteiger partial charge is 0.381 e. The third kappa shape index (κ3) is 2.03. The molecule has 1 aromatic carbocycles. The highest BCUT2D eigenvalue weighted by atomic mass is 19.1. The molecule has 3 heterocycles. The third-order valence-electron chi connectivity index (χ3n) is 3.97. The Morgan fingerprint density at radius 3 is 3.10 bits per heavy atom. The number of nitrogens with one attached hydrogen (secondary N) is 1. The van der Waals surface area contributed by atoms with Gasteiger partial charge in [-0.1, -0.05) is 5.16 Å². The van der Waals surface area contributed by atoms with Gasteiger partial charge in [0, 0.05) is 23.4 Å². The van der Waals surface area contributed by atoms with E-state index in [4.69, 9.17) is 9.26 Å². The molecular formula is C15H14FN3O2. The van der Waals surface area contributed by atoms with Gasteiger partial charge in [-0.25, -0.2) is 4.39 Å². The maximum atomic E-state index is 13.4. The maximum Gasteiger partial charge on any atom is 0.274 e. The Morgan fingerprint density at radius 1 is 1.38 bits per heavy atom. The Bertz CT molecular complexity index is 802. The second kappa shape index (κ2) is 4.66. The maximum absolute atomic E-state index is 13.4. The lowest BCUT2D eigenvalue weighted by molar-refractivity contribution is 0.192. The average molecular weight is 287 g/mol. The van der Waals surface area contributed by atoms with E-state index < -0.39 is 0 Å². The van der Waals surface area contributed by atoms with Crippen molar-refractivity contribution in [1.29, 1.82) is 0 Å². The number of aryl methyl sites for hydroxylation is 1. The fourth-order valence-electron chi connectivity index (χ4n) is 2.75. The van der Waals surface area contributed by atoms with E-state index >= 15 is 0 Å². The van der Waals surface area contributed by atoms with E-state index in [0.717, 1.165) is 35.2 Å². The molecule has 0 aliphatic carbocycles. The zero-order chi connectivity index (χ0) is 14.4.